The van der Waals surface area contributed by atoms with Gasteiger partial charge in [0.25, 0.3) is 11.4 Å². The summed E-state index contributed by atoms with van der Waals surface area (Å²) in [5.41, 5.74) is 6.80. The van der Waals surface area contributed by atoms with Gasteiger partial charge in [-0.05, 0) is 0 Å². The van der Waals surface area contributed by atoms with Gasteiger partial charge in [0.2, 0.25) is 11.8 Å². The van der Waals surface area contributed by atoms with Crippen molar-refractivity contribution in [2.75, 3.05) is 0 Å². The molecule has 1 atom stereocenters. The first kappa shape index (κ1) is 18.6. The van der Waals surface area contributed by atoms with Crippen LogP contribution in [0.5, 0.6) is 5.88 Å². The SMILES string of the molecule is N#CC1=C(N)Oc2n[nH]c(-c3cccc([N+](=O)[O-])c3)c2C1c1ccccc1[N+](=O)[O-]. The number of para-hydroxylation sites is 1. The number of ether oxygens (including phenoxy) is 1. The Labute approximate surface area is 168 Å². The first-order valence-corrected chi connectivity index (χ1v) is 8.56. The molecule has 1 aliphatic heterocycles. The third kappa shape index (κ3) is 2.89. The summed E-state index contributed by atoms with van der Waals surface area (Å²) in [7, 11) is 0. The van der Waals surface area contributed by atoms with Crippen molar-refractivity contribution < 1.29 is 14.6 Å². The van der Waals surface area contributed by atoms with E-state index >= 15 is 0 Å². The Morgan fingerprint density at radius 2 is 1.90 bits per heavy atom. The Kier molecular flexibility index (Phi) is 4.36. The second-order valence-electron chi connectivity index (χ2n) is 6.37. The van der Waals surface area contributed by atoms with Gasteiger partial charge in [0.15, 0.2) is 0 Å². The van der Waals surface area contributed by atoms with Crippen molar-refractivity contribution in [2.24, 2.45) is 5.73 Å². The number of nitrogens with two attached hydrogens (primary N) is 1. The molecule has 0 saturated carbocycles. The quantitative estimate of drug-likeness (QED) is 0.492. The fraction of sp³-hybridized carbons (Fsp3) is 0.0526. The van der Waals surface area contributed by atoms with Crippen LogP contribution in [0.3, 0.4) is 0 Å². The van der Waals surface area contributed by atoms with Crippen molar-refractivity contribution in [1.29, 1.82) is 5.26 Å². The van der Waals surface area contributed by atoms with Crippen LogP contribution in [0.25, 0.3) is 11.3 Å². The van der Waals surface area contributed by atoms with Gasteiger partial charge in [-0.2, -0.15) is 5.26 Å². The molecule has 11 nitrogen and oxygen atoms in total. The summed E-state index contributed by atoms with van der Waals surface area (Å²) < 4.78 is 5.46. The predicted octanol–water partition coefficient (Wildman–Crippen LogP) is 3.11. The number of aromatic nitrogens is 2. The number of nitro groups is 2. The third-order valence-electron chi connectivity index (χ3n) is 4.73. The van der Waals surface area contributed by atoms with Crippen molar-refractivity contribution >= 4 is 11.4 Å². The minimum atomic E-state index is -0.951. The zero-order valence-electron chi connectivity index (χ0n) is 15.1. The van der Waals surface area contributed by atoms with Gasteiger partial charge in [-0.15, -0.1) is 5.10 Å². The summed E-state index contributed by atoms with van der Waals surface area (Å²) in [5.74, 6) is -1.13. The molecular formula is C19H12N6O5. The van der Waals surface area contributed by atoms with Crippen LogP contribution in [-0.4, -0.2) is 20.0 Å². The fourth-order valence-electron chi connectivity index (χ4n) is 3.45. The van der Waals surface area contributed by atoms with Gasteiger partial charge < -0.3 is 10.5 Å². The average molecular weight is 404 g/mol. The number of non-ortho nitro benzene ring substituents is 1. The molecule has 4 rings (SSSR count). The van der Waals surface area contributed by atoms with Crippen LogP contribution in [0.4, 0.5) is 11.4 Å². The number of rotatable bonds is 4. The molecule has 0 aliphatic carbocycles. The Morgan fingerprint density at radius 1 is 1.13 bits per heavy atom. The summed E-state index contributed by atoms with van der Waals surface area (Å²) in [5, 5.41) is 39.3. The Morgan fingerprint density at radius 3 is 2.60 bits per heavy atom. The van der Waals surface area contributed by atoms with E-state index in [2.05, 4.69) is 10.2 Å². The van der Waals surface area contributed by atoms with Crippen LogP contribution >= 0.6 is 0 Å². The first-order chi connectivity index (χ1) is 14.4. The van der Waals surface area contributed by atoms with E-state index in [-0.39, 0.29) is 34.3 Å². The lowest BCUT2D eigenvalue weighted by Gasteiger charge is -2.23. The number of nitriles is 1. The molecule has 1 aliphatic rings. The summed E-state index contributed by atoms with van der Waals surface area (Å²) in [4.78, 5) is 21.7. The second kappa shape index (κ2) is 7.02. The lowest BCUT2D eigenvalue weighted by atomic mass is 9.82. The Bertz CT molecular complexity index is 1270. The number of fused-ring (bicyclic) bond motifs is 1. The molecule has 148 valence electrons. The molecule has 1 unspecified atom stereocenters. The summed E-state index contributed by atoms with van der Waals surface area (Å²) in [6.45, 7) is 0. The highest BCUT2D eigenvalue weighted by Crippen LogP contribution is 2.47. The molecule has 0 fully saturated rings. The molecule has 30 heavy (non-hydrogen) atoms. The standard InChI is InChI=1S/C19H12N6O5/c20-9-13-15(12-6-1-2-7-14(12)25(28)29)16-17(22-23-19(16)30-18(13)21)10-4-3-5-11(8-10)24(26)27/h1-8,15H,21H2,(H,22,23). The molecule has 2 heterocycles. The van der Waals surface area contributed by atoms with Crippen molar-refractivity contribution in [3.63, 3.8) is 0 Å². The number of H-pyrrole nitrogens is 1. The van der Waals surface area contributed by atoms with Crippen LogP contribution in [0.2, 0.25) is 0 Å². The summed E-state index contributed by atoms with van der Waals surface area (Å²) in [6.07, 6.45) is 0. The van der Waals surface area contributed by atoms with E-state index in [4.69, 9.17) is 10.5 Å². The fourth-order valence-corrected chi connectivity index (χ4v) is 3.45. The van der Waals surface area contributed by atoms with Crippen LogP contribution in [0, 0.1) is 31.6 Å². The number of allylic oxidation sites excluding steroid dienone is 1. The van der Waals surface area contributed by atoms with Gasteiger partial charge in [0.1, 0.15) is 11.6 Å². The number of nitro benzene ring substituents is 2. The maximum absolute atomic E-state index is 11.6. The van der Waals surface area contributed by atoms with E-state index in [1.54, 1.807) is 12.1 Å². The molecule has 0 spiro atoms. The van der Waals surface area contributed by atoms with Crippen LogP contribution in [0.15, 0.2) is 60.0 Å². The van der Waals surface area contributed by atoms with E-state index in [1.165, 1.54) is 36.4 Å². The summed E-state index contributed by atoms with van der Waals surface area (Å²) in [6, 6.07) is 13.7. The minimum absolute atomic E-state index is 0.0233. The van der Waals surface area contributed by atoms with Crippen LogP contribution < -0.4 is 10.5 Å². The van der Waals surface area contributed by atoms with Gasteiger partial charge in [-0.1, -0.05) is 30.3 Å². The molecule has 3 N–H and O–H groups in total. The van der Waals surface area contributed by atoms with Gasteiger partial charge in [-0.25, -0.2) is 0 Å². The number of nitrogens with one attached hydrogen (secondary N) is 1. The van der Waals surface area contributed by atoms with Crippen molar-refractivity contribution in [3.05, 3.63) is 91.3 Å². The molecule has 11 heteroatoms. The molecular weight excluding hydrogens is 392 g/mol. The topological polar surface area (TPSA) is 174 Å². The van der Waals surface area contributed by atoms with Gasteiger partial charge in [0.05, 0.1) is 27.0 Å². The number of benzene rings is 2. The molecule has 2 aromatic carbocycles. The highest BCUT2D eigenvalue weighted by atomic mass is 16.6. The van der Waals surface area contributed by atoms with Gasteiger partial charge in [-0.3, -0.25) is 25.3 Å². The monoisotopic (exact) mass is 404 g/mol. The average Bonchev–Trinajstić information content (AvgIpc) is 3.16. The lowest BCUT2D eigenvalue weighted by molar-refractivity contribution is -0.385. The van der Waals surface area contributed by atoms with E-state index < -0.39 is 15.8 Å². The first-order valence-electron chi connectivity index (χ1n) is 8.56. The van der Waals surface area contributed by atoms with E-state index in [1.807, 2.05) is 6.07 Å². The highest BCUT2D eigenvalue weighted by Gasteiger charge is 2.38. The molecule has 0 radical (unpaired) electrons. The molecule has 0 bridgehead atoms. The van der Waals surface area contributed by atoms with Crippen molar-refractivity contribution in [1.82, 2.24) is 10.2 Å². The van der Waals surface area contributed by atoms with E-state index in [0.717, 1.165) is 0 Å². The van der Waals surface area contributed by atoms with Gasteiger partial charge in [0, 0.05) is 29.3 Å². The Hall–Kier alpha value is -4.72. The zero-order valence-corrected chi connectivity index (χ0v) is 15.1. The predicted molar refractivity (Wildman–Crippen MR) is 103 cm³/mol. The molecule has 0 saturated heterocycles. The molecule has 1 aromatic heterocycles. The van der Waals surface area contributed by atoms with Crippen molar-refractivity contribution in [3.8, 4) is 23.2 Å². The number of hydrogen-bond donors (Lipinski definition) is 2. The highest BCUT2D eigenvalue weighted by molar-refractivity contribution is 5.73. The second-order valence-corrected chi connectivity index (χ2v) is 6.37. The number of nitrogens with zero attached hydrogens (tertiary/aromatic N) is 4. The maximum atomic E-state index is 11.6. The van der Waals surface area contributed by atoms with Crippen LogP contribution in [-0.2, 0) is 0 Å². The number of hydrogen-bond acceptors (Lipinski definition) is 8. The largest absolute Gasteiger partial charge is 0.420 e. The van der Waals surface area contributed by atoms with Gasteiger partial charge >= 0.3 is 0 Å². The Balaban J connectivity index is 1.99. The van der Waals surface area contributed by atoms with E-state index in [9.17, 15) is 25.5 Å². The van der Waals surface area contributed by atoms with Crippen molar-refractivity contribution in [2.45, 2.75) is 5.92 Å². The lowest BCUT2D eigenvalue weighted by Crippen LogP contribution is -2.21. The maximum Gasteiger partial charge on any atom is 0.273 e. The summed E-state index contributed by atoms with van der Waals surface area (Å²) >= 11 is 0. The third-order valence-corrected chi connectivity index (χ3v) is 4.73. The number of aromatic amines is 1. The smallest absolute Gasteiger partial charge is 0.273 e. The molecule has 3 aromatic rings. The zero-order chi connectivity index (χ0) is 21.4. The van der Waals surface area contributed by atoms with Crippen LogP contribution in [0.1, 0.15) is 17.0 Å². The van der Waals surface area contributed by atoms with E-state index in [0.29, 0.717) is 16.8 Å². The molecule has 0 amide bonds. The normalized spacial score (nSPS) is 15.1. The minimum Gasteiger partial charge on any atom is -0.420 e.